The van der Waals surface area contributed by atoms with Crippen molar-refractivity contribution in [2.75, 3.05) is 5.32 Å². The Morgan fingerprint density at radius 2 is 1.79 bits per heavy atom. The van der Waals surface area contributed by atoms with Crippen LogP contribution in [0.5, 0.6) is 0 Å². The van der Waals surface area contributed by atoms with Crippen molar-refractivity contribution in [3.05, 3.63) is 86.3 Å². The number of benzene rings is 2. The van der Waals surface area contributed by atoms with Gasteiger partial charge in [0.2, 0.25) is 5.95 Å². The summed E-state index contributed by atoms with van der Waals surface area (Å²) in [4.78, 5) is 34.6. The van der Waals surface area contributed by atoms with Crippen molar-refractivity contribution < 1.29 is 4.92 Å². The number of nitro groups is 1. The molecule has 0 amide bonds. The Hall–Kier alpha value is -4.07. The predicted octanol–water partition coefficient (Wildman–Crippen LogP) is 4.25. The third-order valence-corrected chi connectivity index (χ3v) is 4.77. The van der Waals surface area contributed by atoms with E-state index in [1.807, 2.05) is 32.0 Å². The maximum absolute atomic E-state index is 12.8. The van der Waals surface area contributed by atoms with Crippen LogP contribution in [-0.2, 0) is 0 Å². The van der Waals surface area contributed by atoms with Gasteiger partial charge in [0.05, 0.1) is 10.3 Å². The average molecular weight is 387 g/mol. The lowest BCUT2D eigenvalue weighted by Crippen LogP contribution is -2.13. The zero-order valence-corrected chi connectivity index (χ0v) is 15.8. The van der Waals surface area contributed by atoms with Gasteiger partial charge in [0.1, 0.15) is 0 Å². The summed E-state index contributed by atoms with van der Waals surface area (Å²) in [5.74, 6) is 0.291. The van der Waals surface area contributed by atoms with Crippen LogP contribution in [0.3, 0.4) is 0 Å². The SMILES string of the molecule is Cc1ccc(Nc2nc3nccc(-c4ccc([N+](=O)[O-])cc4)c3c(=O)[nH]2)cc1C. The Bertz CT molecular complexity index is 1300. The lowest BCUT2D eigenvalue weighted by Gasteiger charge is -2.10. The van der Waals surface area contributed by atoms with Crippen molar-refractivity contribution in [3.8, 4) is 11.1 Å². The van der Waals surface area contributed by atoms with E-state index in [2.05, 4.69) is 20.3 Å². The van der Waals surface area contributed by atoms with Crippen LogP contribution in [-0.4, -0.2) is 19.9 Å². The number of aromatic amines is 1. The number of H-pyrrole nitrogens is 1. The minimum Gasteiger partial charge on any atom is -0.326 e. The summed E-state index contributed by atoms with van der Waals surface area (Å²) in [6.07, 6.45) is 1.56. The molecule has 2 aromatic heterocycles. The average Bonchev–Trinajstić information content (AvgIpc) is 2.70. The van der Waals surface area contributed by atoms with E-state index in [4.69, 9.17) is 0 Å². The fraction of sp³-hybridized carbons (Fsp3) is 0.0952. The summed E-state index contributed by atoms with van der Waals surface area (Å²) in [7, 11) is 0. The number of nitrogens with zero attached hydrogens (tertiary/aromatic N) is 3. The number of hydrogen-bond acceptors (Lipinski definition) is 6. The quantitative estimate of drug-likeness (QED) is 0.400. The molecule has 4 rings (SSSR count). The first kappa shape index (κ1) is 18.3. The molecule has 2 aromatic carbocycles. The van der Waals surface area contributed by atoms with Gasteiger partial charge < -0.3 is 5.32 Å². The molecule has 0 aliphatic heterocycles. The normalized spacial score (nSPS) is 10.8. The van der Waals surface area contributed by atoms with Gasteiger partial charge in [-0.25, -0.2) is 4.98 Å². The Kier molecular flexibility index (Phi) is 4.52. The minimum atomic E-state index is -0.465. The summed E-state index contributed by atoms with van der Waals surface area (Å²) in [6.45, 7) is 4.04. The molecule has 29 heavy (non-hydrogen) atoms. The van der Waals surface area contributed by atoms with Crippen LogP contribution in [0, 0.1) is 24.0 Å². The van der Waals surface area contributed by atoms with Gasteiger partial charge in [0.15, 0.2) is 5.65 Å². The standard InChI is InChI=1S/C21H17N5O3/c1-12-3-6-15(11-13(12)2)23-21-24-19-18(20(27)25-21)17(9-10-22-19)14-4-7-16(8-5-14)26(28)29/h3-11H,1-2H3,(H2,22,23,24,25,27). The molecule has 8 nitrogen and oxygen atoms in total. The first-order valence-corrected chi connectivity index (χ1v) is 8.90. The summed E-state index contributed by atoms with van der Waals surface area (Å²) >= 11 is 0. The van der Waals surface area contributed by atoms with Crippen LogP contribution in [0.1, 0.15) is 11.1 Å². The van der Waals surface area contributed by atoms with Crippen molar-refractivity contribution in [1.29, 1.82) is 0 Å². The van der Waals surface area contributed by atoms with Crippen LogP contribution >= 0.6 is 0 Å². The van der Waals surface area contributed by atoms with Crippen LogP contribution in [0.2, 0.25) is 0 Å². The number of anilines is 2. The summed E-state index contributed by atoms with van der Waals surface area (Å²) in [6, 6.07) is 13.6. The van der Waals surface area contributed by atoms with Crippen LogP contribution in [0.15, 0.2) is 59.5 Å². The molecule has 2 heterocycles. The topological polar surface area (TPSA) is 114 Å². The van der Waals surface area contributed by atoms with Crippen molar-refractivity contribution >= 4 is 28.4 Å². The molecule has 0 unspecified atom stereocenters. The van der Waals surface area contributed by atoms with Crippen molar-refractivity contribution in [1.82, 2.24) is 15.0 Å². The first-order chi connectivity index (χ1) is 13.9. The molecule has 0 spiro atoms. The second-order valence-electron chi connectivity index (χ2n) is 6.70. The number of pyridine rings is 1. The van der Waals surface area contributed by atoms with E-state index in [0.717, 1.165) is 11.3 Å². The number of aromatic nitrogens is 3. The van der Waals surface area contributed by atoms with Crippen molar-refractivity contribution in [2.24, 2.45) is 0 Å². The van der Waals surface area contributed by atoms with Gasteiger partial charge in [0, 0.05) is 24.0 Å². The van der Waals surface area contributed by atoms with Gasteiger partial charge in [-0.2, -0.15) is 4.98 Å². The predicted molar refractivity (Wildman–Crippen MR) is 111 cm³/mol. The number of rotatable bonds is 4. The molecular weight excluding hydrogens is 370 g/mol. The van der Waals surface area contributed by atoms with Gasteiger partial charge in [-0.05, 0) is 66.4 Å². The number of non-ortho nitro benzene ring substituents is 1. The van der Waals surface area contributed by atoms with E-state index in [1.165, 1.54) is 17.7 Å². The van der Waals surface area contributed by atoms with E-state index in [-0.39, 0.29) is 16.9 Å². The fourth-order valence-electron chi connectivity index (χ4n) is 3.08. The molecule has 0 aliphatic carbocycles. The third-order valence-electron chi connectivity index (χ3n) is 4.77. The van der Waals surface area contributed by atoms with Gasteiger partial charge in [-0.1, -0.05) is 6.07 Å². The smallest absolute Gasteiger partial charge is 0.269 e. The van der Waals surface area contributed by atoms with Crippen LogP contribution in [0.25, 0.3) is 22.2 Å². The Balaban J connectivity index is 1.76. The maximum atomic E-state index is 12.8. The van der Waals surface area contributed by atoms with Crippen molar-refractivity contribution in [2.45, 2.75) is 13.8 Å². The fourth-order valence-corrected chi connectivity index (χ4v) is 3.08. The largest absolute Gasteiger partial charge is 0.326 e. The highest BCUT2D eigenvalue weighted by Gasteiger charge is 2.13. The van der Waals surface area contributed by atoms with E-state index in [9.17, 15) is 14.9 Å². The Morgan fingerprint density at radius 3 is 2.48 bits per heavy atom. The molecule has 0 saturated heterocycles. The first-order valence-electron chi connectivity index (χ1n) is 8.90. The highest BCUT2D eigenvalue weighted by atomic mass is 16.6. The molecule has 144 valence electrons. The zero-order chi connectivity index (χ0) is 20.5. The molecule has 8 heteroatoms. The molecule has 0 bridgehead atoms. The number of fused-ring (bicyclic) bond motifs is 1. The lowest BCUT2D eigenvalue weighted by molar-refractivity contribution is -0.384. The van der Waals surface area contributed by atoms with Crippen LogP contribution in [0.4, 0.5) is 17.3 Å². The Morgan fingerprint density at radius 1 is 1.03 bits per heavy atom. The lowest BCUT2D eigenvalue weighted by atomic mass is 10.0. The van der Waals surface area contributed by atoms with E-state index < -0.39 is 4.92 Å². The molecule has 0 atom stereocenters. The maximum Gasteiger partial charge on any atom is 0.269 e. The van der Waals surface area contributed by atoms with Crippen LogP contribution < -0.4 is 10.9 Å². The minimum absolute atomic E-state index is 0.0148. The summed E-state index contributed by atoms with van der Waals surface area (Å²) in [5, 5.41) is 14.3. The van der Waals surface area contributed by atoms with Crippen molar-refractivity contribution in [3.63, 3.8) is 0 Å². The summed E-state index contributed by atoms with van der Waals surface area (Å²) in [5.41, 5.74) is 4.31. The van der Waals surface area contributed by atoms with E-state index in [0.29, 0.717) is 22.5 Å². The zero-order valence-electron chi connectivity index (χ0n) is 15.8. The number of nitrogens with one attached hydrogen (secondary N) is 2. The van der Waals surface area contributed by atoms with Gasteiger partial charge >= 0.3 is 0 Å². The number of aryl methyl sites for hydroxylation is 2. The van der Waals surface area contributed by atoms with E-state index in [1.54, 1.807) is 24.4 Å². The van der Waals surface area contributed by atoms with Gasteiger partial charge in [-0.3, -0.25) is 19.9 Å². The molecular formula is C21H17N5O3. The Labute approximate surface area is 165 Å². The molecule has 0 fully saturated rings. The molecule has 4 aromatic rings. The highest BCUT2D eigenvalue weighted by Crippen LogP contribution is 2.27. The van der Waals surface area contributed by atoms with Gasteiger partial charge in [0.25, 0.3) is 11.2 Å². The third kappa shape index (κ3) is 3.55. The highest BCUT2D eigenvalue weighted by molar-refractivity contribution is 5.92. The molecule has 0 aliphatic rings. The monoisotopic (exact) mass is 387 g/mol. The summed E-state index contributed by atoms with van der Waals surface area (Å²) < 4.78 is 0. The molecule has 0 saturated carbocycles. The number of nitro benzene ring substituents is 1. The molecule has 2 N–H and O–H groups in total. The van der Waals surface area contributed by atoms with E-state index >= 15 is 0 Å². The second-order valence-corrected chi connectivity index (χ2v) is 6.70. The molecule has 0 radical (unpaired) electrons. The second kappa shape index (κ2) is 7.16. The van der Waals surface area contributed by atoms with Gasteiger partial charge in [-0.15, -0.1) is 0 Å². The number of hydrogen-bond donors (Lipinski definition) is 2.